The average molecular weight is 489 g/mol. The molecule has 0 radical (unpaired) electrons. The maximum Gasteiger partial charge on any atom is 0.349 e. The SMILES string of the molecule is O=C(O)COc1c(C(=O)O)sc(-c2cccc(NC3CCN(c4ncccn4)CC3)c2)c1Cl. The lowest BCUT2D eigenvalue weighted by molar-refractivity contribution is -0.139. The van der Waals surface area contributed by atoms with Crippen LogP contribution in [0.5, 0.6) is 5.75 Å². The van der Waals surface area contributed by atoms with E-state index in [1.165, 1.54) is 0 Å². The molecule has 1 aliphatic rings. The van der Waals surface area contributed by atoms with Gasteiger partial charge in [0.15, 0.2) is 17.2 Å². The number of nitrogens with zero attached hydrogens (tertiary/aromatic N) is 3. The predicted octanol–water partition coefficient (Wildman–Crippen LogP) is 4.10. The fourth-order valence-corrected chi connectivity index (χ4v) is 5.05. The Bertz CT molecular complexity index is 1150. The highest BCUT2D eigenvalue weighted by Crippen LogP contribution is 2.46. The first-order valence-corrected chi connectivity index (χ1v) is 11.4. The van der Waals surface area contributed by atoms with Gasteiger partial charge in [-0.05, 0) is 36.6 Å². The molecule has 172 valence electrons. The number of aromatic nitrogens is 2. The summed E-state index contributed by atoms with van der Waals surface area (Å²) in [6.45, 7) is 0.999. The van der Waals surface area contributed by atoms with Crippen LogP contribution in [0.2, 0.25) is 5.02 Å². The number of carboxylic acids is 2. The van der Waals surface area contributed by atoms with Crippen LogP contribution < -0.4 is 15.0 Å². The minimum Gasteiger partial charge on any atom is -0.479 e. The van der Waals surface area contributed by atoms with Crippen molar-refractivity contribution in [3.8, 4) is 16.2 Å². The number of carbonyl (C=O) groups is 2. The Morgan fingerprint density at radius 1 is 1.18 bits per heavy atom. The van der Waals surface area contributed by atoms with E-state index in [9.17, 15) is 14.7 Å². The largest absolute Gasteiger partial charge is 0.479 e. The van der Waals surface area contributed by atoms with E-state index < -0.39 is 18.5 Å². The van der Waals surface area contributed by atoms with Gasteiger partial charge >= 0.3 is 11.9 Å². The van der Waals surface area contributed by atoms with Crippen molar-refractivity contribution in [2.24, 2.45) is 0 Å². The van der Waals surface area contributed by atoms with Gasteiger partial charge < -0.3 is 25.2 Å². The molecule has 1 fully saturated rings. The summed E-state index contributed by atoms with van der Waals surface area (Å²) in [6, 6.07) is 9.59. The van der Waals surface area contributed by atoms with E-state index in [4.69, 9.17) is 21.4 Å². The molecule has 1 saturated heterocycles. The molecule has 0 bridgehead atoms. The van der Waals surface area contributed by atoms with Crippen LogP contribution in [0.25, 0.3) is 10.4 Å². The van der Waals surface area contributed by atoms with Crippen LogP contribution >= 0.6 is 22.9 Å². The Labute approximate surface area is 198 Å². The average Bonchev–Trinajstić information content (AvgIpc) is 3.15. The third-order valence-electron chi connectivity index (χ3n) is 5.17. The zero-order valence-corrected chi connectivity index (χ0v) is 19.0. The molecule has 0 aliphatic carbocycles. The Kier molecular flexibility index (Phi) is 6.95. The monoisotopic (exact) mass is 488 g/mol. The van der Waals surface area contributed by atoms with Gasteiger partial charge in [0.05, 0.1) is 4.88 Å². The van der Waals surface area contributed by atoms with Gasteiger partial charge in [0.2, 0.25) is 5.95 Å². The number of benzene rings is 1. The topological polar surface area (TPSA) is 125 Å². The number of carboxylic acid groups (broad SMARTS) is 2. The van der Waals surface area contributed by atoms with Gasteiger partial charge in [-0.3, -0.25) is 0 Å². The van der Waals surface area contributed by atoms with E-state index in [0.29, 0.717) is 4.88 Å². The van der Waals surface area contributed by atoms with Crippen LogP contribution in [0, 0.1) is 0 Å². The number of rotatable bonds is 8. The van der Waals surface area contributed by atoms with Crippen LogP contribution in [0.3, 0.4) is 0 Å². The summed E-state index contributed by atoms with van der Waals surface area (Å²) in [4.78, 5) is 33.6. The molecule has 0 spiro atoms. The van der Waals surface area contributed by atoms with E-state index >= 15 is 0 Å². The van der Waals surface area contributed by atoms with Gasteiger partial charge in [-0.15, -0.1) is 11.3 Å². The van der Waals surface area contributed by atoms with Crippen LogP contribution in [-0.4, -0.2) is 57.9 Å². The molecule has 3 heterocycles. The minimum absolute atomic E-state index is 0.0898. The maximum absolute atomic E-state index is 11.6. The van der Waals surface area contributed by atoms with Crippen molar-refractivity contribution in [3.05, 3.63) is 52.6 Å². The molecule has 3 aromatic rings. The molecular formula is C22H21ClN4O5S. The molecule has 9 nitrogen and oxygen atoms in total. The van der Waals surface area contributed by atoms with E-state index in [0.717, 1.165) is 54.5 Å². The normalized spacial score (nSPS) is 14.2. The fourth-order valence-electron chi connectivity index (χ4n) is 3.65. The van der Waals surface area contributed by atoms with Crippen molar-refractivity contribution in [3.63, 3.8) is 0 Å². The summed E-state index contributed by atoms with van der Waals surface area (Å²) < 4.78 is 5.16. The quantitative estimate of drug-likeness (QED) is 0.429. The van der Waals surface area contributed by atoms with E-state index in [2.05, 4.69) is 20.2 Å². The highest BCUT2D eigenvalue weighted by Gasteiger charge is 2.25. The minimum atomic E-state index is -1.23. The Morgan fingerprint density at radius 2 is 1.91 bits per heavy atom. The van der Waals surface area contributed by atoms with Crippen molar-refractivity contribution >= 4 is 46.5 Å². The molecule has 0 atom stereocenters. The first kappa shape index (κ1) is 22.8. The van der Waals surface area contributed by atoms with Gasteiger partial charge in [-0.1, -0.05) is 23.7 Å². The van der Waals surface area contributed by atoms with Gasteiger partial charge in [-0.25, -0.2) is 19.6 Å². The standard InChI is InChI=1S/C22H21ClN4O5S/c23-17-18(32-12-16(28)29)20(21(30)31)33-19(17)13-3-1-4-15(11-13)26-14-5-9-27(10-6-14)22-24-7-2-8-25-22/h1-4,7-8,11,14,26H,5-6,9-10,12H2,(H,28,29)(H,30,31). The smallest absolute Gasteiger partial charge is 0.349 e. The van der Waals surface area contributed by atoms with Crippen molar-refractivity contribution in [1.82, 2.24) is 9.97 Å². The second-order valence-corrected chi connectivity index (χ2v) is 8.82. The Balaban J connectivity index is 1.48. The van der Waals surface area contributed by atoms with Gasteiger partial charge in [-0.2, -0.15) is 0 Å². The highest BCUT2D eigenvalue weighted by molar-refractivity contribution is 7.18. The molecule has 1 aliphatic heterocycles. The number of ether oxygens (including phenoxy) is 1. The summed E-state index contributed by atoms with van der Waals surface area (Å²) >= 11 is 7.36. The molecule has 0 amide bonds. The zero-order chi connectivity index (χ0) is 23.4. The molecule has 11 heteroatoms. The zero-order valence-electron chi connectivity index (χ0n) is 17.4. The molecule has 1 aromatic carbocycles. The summed E-state index contributed by atoms with van der Waals surface area (Å²) in [6.07, 6.45) is 5.31. The van der Waals surface area contributed by atoms with Crippen molar-refractivity contribution in [2.45, 2.75) is 18.9 Å². The summed E-state index contributed by atoms with van der Waals surface area (Å²) in [5, 5.41) is 22.0. The Morgan fingerprint density at radius 3 is 2.58 bits per heavy atom. The highest BCUT2D eigenvalue weighted by atomic mass is 35.5. The van der Waals surface area contributed by atoms with Crippen molar-refractivity contribution in [1.29, 1.82) is 0 Å². The lowest BCUT2D eigenvalue weighted by atomic mass is 10.0. The number of halogens is 1. The van der Waals surface area contributed by atoms with Crippen LogP contribution in [0.4, 0.5) is 11.6 Å². The van der Waals surface area contributed by atoms with Crippen LogP contribution in [-0.2, 0) is 4.79 Å². The van der Waals surface area contributed by atoms with Gasteiger partial charge in [0.1, 0.15) is 5.02 Å². The van der Waals surface area contributed by atoms with Gasteiger partial charge in [0, 0.05) is 37.2 Å². The molecule has 0 unspecified atom stereocenters. The lowest BCUT2D eigenvalue weighted by Crippen LogP contribution is -2.39. The first-order valence-electron chi connectivity index (χ1n) is 10.2. The van der Waals surface area contributed by atoms with E-state index in [1.54, 1.807) is 18.5 Å². The number of nitrogens with one attached hydrogen (secondary N) is 1. The number of thiophene rings is 1. The van der Waals surface area contributed by atoms with E-state index in [-0.39, 0.29) is 21.7 Å². The number of anilines is 2. The third-order valence-corrected chi connectivity index (χ3v) is 6.85. The van der Waals surface area contributed by atoms with Crippen molar-refractivity contribution in [2.75, 3.05) is 29.9 Å². The van der Waals surface area contributed by atoms with Crippen LogP contribution in [0.15, 0.2) is 42.7 Å². The molecule has 0 saturated carbocycles. The summed E-state index contributed by atoms with van der Waals surface area (Å²) in [7, 11) is 0. The summed E-state index contributed by atoms with van der Waals surface area (Å²) in [5.41, 5.74) is 1.61. The summed E-state index contributed by atoms with van der Waals surface area (Å²) in [5.74, 6) is -1.83. The molecule has 2 aromatic heterocycles. The number of piperidine rings is 1. The molecular weight excluding hydrogens is 468 g/mol. The maximum atomic E-state index is 11.6. The number of aromatic carboxylic acids is 1. The van der Waals surface area contributed by atoms with Gasteiger partial charge in [0.25, 0.3) is 0 Å². The second-order valence-electron chi connectivity index (χ2n) is 7.43. The second kappa shape index (κ2) is 10.1. The van der Waals surface area contributed by atoms with E-state index in [1.807, 2.05) is 24.3 Å². The number of aliphatic carboxylic acids is 1. The number of hydrogen-bond acceptors (Lipinski definition) is 8. The van der Waals surface area contributed by atoms with Crippen LogP contribution in [0.1, 0.15) is 22.5 Å². The molecule has 4 rings (SSSR count). The number of hydrogen-bond donors (Lipinski definition) is 3. The predicted molar refractivity (Wildman–Crippen MR) is 126 cm³/mol. The Hall–Kier alpha value is -3.37. The first-order chi connectivity index (χ1) is 15.9. The fraction of sp³-hybridized carbons (Fsp3) is 0.273. The molecule has 33 heavy (non-hydrogen) atoms. The third kappa shape index (κ3) is 5.35. The lowest BCUT2D eigenvalue weighted by Gasteiger charge is -2.32. The van der Waals surface area contributed by atoms with Crippen molar-refractivity contribution < 1.29 is 24.5 Å². The molecule has 3 N–H and O–H groups in total.